The van der Waals surface area contributed by atoms with Crippen LogP contribution in [0.4, 0.5) is 0 Å². The molecule has 0 aliphatic carbocycles. The van der Waals surface area contributed by atoms with Gasteiger partial charge in [-0.25, -0.2) is 0 Å². The predicted molar refractivity (Wildman–Crippen MR) is 83.5 cm³/mol. The largest absolute Gasteiger partial charge is 0.355 e. The van der Waals surface area contributed by atoms with Gasteiger partial charge in [-0.2, -0.15) is 0 Å². The fourth-order valence-corrected chi connectivity index (χ4v) is 2.15. The van der Waals surface area contributed by atoms with E-state index in [4.69, 9.17) is 0 Å². The maximum Gasteiger partial charge on any atom is 0.222 e. The number of carbonyl (C=O) groups excluding carboxylic acids is 1. The number of fused-ring (bicyclic) bond motifs is 1. The van der Waals surface area contributed by atoms with Gasteiger partial charge in [-0.3, -0.25) is 4.79 Å². The minimum Gasteiger partial charge on any atom is -0.355 e. The lowest BCUT2D eigenvalue weighted by Gasteiger charge is -2.10. The van der Waals surface area contributed by atoms with Crippen LogP contribution in [0.5, 0.6) is 0 Å². The van der Waals surface area contributed by atoms with Crippen molar-refractivity contribution in [2.75, 3.05) is 13.1 Å². The number of amides is 1. The number of nitrogens with one attached hydrogen (secondary N) is 2. The van der Waals surface area contributed by atoms with Crippen LogP contribution < -0.4 is 10.6 Å². The van der Waals surface area contributed by atoms with Crippen LogP contribution in [0.3, 0.4) is 0 Å². The maximum atomic E-state index is 11.4. The summed E-state index contributed by atoms with van der Waals surface area (Å²) in [5, 5.41) is 8.83. The van der Waals surface area contributed by atoms with Gasteiger partial charge in [0.05, 0.1) is 0 Å². The van der Waals surface area contributed by atoms with Gasteiger partial charge >= 0.3 is 0 Å². The average Bonchev–Trinajstić information content (AvgIpc) is 2.46. The molecular formula is C17H22N2O. The molecule has 20 heavy (non-hydrogen) atoms. The van der Waals surface area contributed by atoms with Crippen molar-refractivity contribution in [3.8, 4) is 0 Å². The fraction of sp³-hybridized carbons (Fsp3) is 0.353. The second-order valence-corrected chi connectivity index (χ2v) is 5.26. The Hall–Kier alpha value is -1.87. The smallest absolute Gasteiger partial charge is 0.222 e. The zero-order valence-corrected chi connectivity index (χ0v) is 12.1. The Kier molecular flexibility index (Phi) is 5.13. The van der Waals surface area contributed by atoms with Crippen LogP contribution in [-0.2, 0) is 11.3 Å². The molecule has 0 atom stereocenters. The lowest BCUT2D eigenvalue weighted by molar-refractivity contribution is -0.123. The van der Waals surface area contributed by atoms with E-state index in [0.29, 0.717) is 6.54 Å². The Labute approximate surface area is 120 Å². The van der Waals surface area contributed by atoms with Crippen LogP contribution in [0.1, 0.15) is 19.4 Å². The van der Waals surface area contributed by atoms with Gasteiger partial charge in [0.1, 0.15) is 0 Å². The van der Waals surface area contributed by atoms with E-state index in [1.54, 1.807) is 0 Å². The molecule has 0 aliphatic rings. The molecule has 0 saturated carbocycles. The summed E-state index contributed by atoms with van der Waals surface area (Å²) in [6.07, 6.45) is 0. The molecule has 0 saturated heterocycles. The summed E-state index contributed by atoms with van der Waals surface area (Å²) < 4.78 is 0. The molecule has 0 bridgehead atoms. The molecule has 0 aliphatic heterocycles. The van der Waals surface area contributed by atoms with E-state index < -0.39 is 0 Å². The summed E-state index contributed by atoms with van der Waals surface area (Å²) in [7, 11) is 0. The highest BCUT2D eigenvalue weighted by Crippen LogP contribution is 2.17. The quantitative estimate of drug-likeness (QED) is 0.792. The van der Waals surface area contributed by atoms with Crippen molar-refractivity contribution in [3.05, 3.63) is 48.0 Å². The molecule has 3 nitrogen and oxygen atoms in total. The summed E-state index contributed by atoms with van der Waals surface area (Å²) in [4.78, 5) is 11.4. The molecule has 0 spiro atoms. The first-order valence-electron chi connectivity index (χ1n) is 7.13. The van der Waals surface area contributed by atoms with Crippen LogP contribution in [0, 0.1) is 5.92 Å². The van der Waals surface area contributed by atoms with E-state index in [-0.39, 0.29) is 11.8 Å². The Morgan fingerprint density at radius 3 is 2.60 bits per heavy atom. The van der Waals surface area contributed by atoms with Crippen molar-refractivity contribution in [2.45, 2.75) is 20.4 Å². The van der Waals surface area contributed by atoms with Crippen molar-refractivity contribution in [1.82, 2.24) is 10.6 Å². The van der Waals surface area contributed by atoms with Crippen LogP contribution in [-0.4, -0.2) is 19.0 Å². The second-order valence-electron chi connectivity index (χ2n) is 5.26. The standard InChI is InChI=1S/C17H22N2O/c1-13(2)17(20)19-11-10-18-12-15-8-5-7-14-6-3-4-9-16(14)15/h3-9,13,18H,10-12H2,1-2H3,(H,19,20). The molecule has 106 valence electrons. The summed E-state index contributed by atoms with van der Waals surface area (Å²) >= 11 is 0. The molecule has 1 amide bonds. The predicted octanol–water partition coefficient (Wildman–Crippen LogP) is 2.70. The van der Waals surface area contributed by atoms with E-state index in [2.05, 4.69) is 53.1 Å². The van der Waals surface area contributed by atoms with E-state index in [1.807, 2.05) is 13.8 Å². The first kappa shape index (κ1) is 14.5. The first-order chi connectivity index (χ1) is 9.68. The Morgan fingerprint density at radius 1 is 1.05 bits per heavy atom. The molecule has 0 fully saturated rings. The third-order valence-electron chi connectivity index (χ3n) is 3.32. The second kappa shape index (κ2) is 7.06. The maximum absolute atomic E-state index is 11.4. The van der Waals surface area contributed by atoms with E-state index in [9.17, 15) is 4.79 Å². The highest BCUT2D eigenvalue weighted by atomic mass is 16.1. The van der Waals surface area contributed by atoms with Crippen molar-refractivity contribution < 1.29 is 4.79 Å². The lowest BCUT2D eigenvalue weighted by Crippen LogP contribution is -2.34. The summed E-state index contributed by atoms with van der Waals surface area (Å²) in [6.45, 7) is 6.07. The third kappa shape index (κ3) is 3.81. The van der Waals surface area contributed by atoms with Crippen LogP contribution in [0.25, 0.3) is 10.8 Å². The third-order valence-corrected chi connectivity index (χ3v) is 3.32. The zero-order chi connectivity index (χ0) is 14.4. The van der Waals surface area contributed by atoms with Gasteiger partial charge in [-0.15, -0.1) is 0 Å². The Morgan fingerprint density at radius 2 is 1.80 bits per heavy atom. The van der Waals surface area contributed by atoms with Gasteiger partial charge < -0.3 is 10.6 Å². The van der Waals surface area contributed by atoms with E-state index in [0.717, 1.165) is 13.1 Å². The topological polar surface area (TPSA) is 41.1 Å². The average molecular weight is 270 g/mol. The monoisotopic (exact) mass is 270 g/mol. The molecular weight excluding hydrogens is 248 g/mol. The minimum absolute atomic E-state index is 0.0491. The number of hydrogen-bond acceptors (Lipinski definition) is 2. The van der Waals surface area contributed by atoms with Crippen LogP contribution in [0.15, 0.2) is 42.5 Å². The molecule has 2 N–H and O–H groups in total. The Balaban J connectivity index is 1.83. The van der Waals surface area contributed by atoms with Gasteiger partial charge in [0, 0.05) is 25.6 Å². The number of carbonyl (C=O) groups is 1. The molecule has 0 unspecified atom stereocenters. The molecule has 2 aromatic rings. The van der Waals surface area contributed by atoms with Gasteiger partial charge in [0.15, 0.2) is 0 Å². The number of benzene rings is 2. The molecule has 3 heteroatoms. The number of rotatable bonds is 6. The van der Waals surface area contributed by atoms with Gasteiger partial charge in [0.25, 0.3) is 0 Å². The van der Waals surface area contributed by atoms with E-state index in [1.165, 1.54) is 16.3 Å². The lowest BCUT2D eigenvalue weighted by atomic mass is 10.0. The van der Waals surface area contributed by atoms with Crippen molar-refractivity contribution in [2.24, 2.45) is 5.92 Å². The van der Waals surface area contributed by atoms with E-state index >= 15 is 0 Å². The van der Waals surface area contributed by atoms with Crippen LogP contribution in [0.2, 0.25) is 0 Å². The molecule has 0 heterocycles. The highest BCUT2D eigenvalue weighted by Gasteiger charge is 2.04. The zero-order valence-electron chi connectivity index (χ0n) is 12.1. The minimum atomic E-state index is 0.0491. The van der Waals surface area contributed by atoms with Gasteiger partial charge in [0.2, 0.25) is 5.91 Å². The molecule has 2 rings (SSSR count). The normalized spacial score (nSPS) is 10.9. The number of hydrogen-bond donors (Lipinski definition) is 2. The van der Waals surface area contributed by atoms with Gasteiger partial charge in [-0.05, 0) is 16.3 Å². The summed E-state index contributed by atoms with van der Waals surface area (Å²) in [6, 6.07) is 14.7. The Bertz CT molecular complexity index is 573. The van der Waals surface area contributed by atoms with Crippen molar-refractivity contribution >= 4 is 16.7 Å². The summed E-state index contributed by atoms with van der Waals surface area (Å²) in [5.74, 6) is 0.157. The van der Waals surface area contributed by atoms with Gasteiger partial charge in [-0.1, -0.05) is 56.3 Å². The molecule has 0 aromatic heterocycles. The first-order valence-corrected chi connectivity index (χ1v) is 7.13. The van der Waals surface area contributed by atoms with Crippen LogP contribution >= 0.6 is 0 Å². The van der Waals surface area contributed by atoms with Crippen molar-refractivity contribution in [1.29, 1.82) is 0 Å². The molecule has 2 aromatic carbocycles. The molecule has 0 radical (unpaired) electrons. The summed E-state index contributed by atoms with van der Waals surface area (Å²) in [5.41, 5.74) is 1.29. The SMILES string of the molecule is CC(C)C(=O)NCCNCc1cccc2ccccc12. The van der Waals surface area contributed by atoms with Crippen molar-refractivity contribution in [3.63, 3.8) is 0 Å². The fourth-order valence-electron chi connectivity index (χ4n) is 2.15. The highest BCUT2D eigenvalue weighted by molar-refractivity contribution is 5.85.